The summed E-state index contributed by atoms with van der Waals surface area (Å²) in [6.07, 6.45) is 3.83. The van der Waals surface area contributed by atoms with E-state index in [-0.39, 0.29) is 17.6 Å². The molecule has 29 heavy (non-hydrogen) atoms. The lowest BCUT2D eigenvalue weighted by Crippen LogP contribution is -2.30. The van der Waals surface area contributed by atoms with E-state index in [4.69, 9.17) is 4.99 Å². The third-order valence-electron chi connectivity index (χ3n) is 5.36. The van der Waals surface area contributed by atoms with Crippen LogP contribution in [0.3, 0.4) is 0 Å². The van der Waals surface area contributed by atoms with Gasteiger partial charge in [0.05, 0.1) is 17.3 Å². The second-order valence-electron chi connectivity index (χ2n) is 7.29. The van der Waals surface area contributed by atoms with E-state index in [0.29, 0.717) is 5.25 Å². The zero-order valence-corrected chi connectivity index (χ0v) is 16.7. The zero-order valence-electron chi connectivity index (χ0n) is 15.8. The number of amidine groups is 1. The maximum Gasteiger partial charge on any atom is 0.335 e. The molecule has 1 fully saturated rings. The number of thioether (sulfide) groups is 1. The van der Waals surface area contributed by atoms with Crippen molar-refractivity contribution in [2.24, 2.45) is 4.99 Å². The molecule has 4 heterocycles. The third-order valence-corrected chi connectivity index (χ3v) is 6.46. The summed E-state index contributed by atoms with van der Waals surface area (Å²) in [5.41, 5.74) is 3.30. The minimum Gasteiger partial charge on any atom is -0.478 e. The zero-order chi connectivity index (χ0) is 20.0. The van der Waals surface area contributed by atoms with Crippen LogP contribution in [-0.2, 0) is 0 Å². The molecule has 0 saturated carbocycles. The van der Waals surface area contributed by atoms with Crippen molar-refractivity contribution in [3.8, 4) is 5.69 Å². The SMILES string of the molecule is C[C@H]1CN2C(=N[C@@H](c3ccccn3)[C@@H]2c2cccn2-c2ccc(C(=O)O)cc2)S1. The van der Waals surface area contributed by atoms with Crippen LogP contribution >= 0.6 is 11.8 Å². The number of aromatic nitrogens is 2. The van der Waals surface area contributed by atoms with Gasteiger partial charge in [0.15, 0.2) is 5.17 Å². The molecule has 1 N–H and O–H groups in total. The van der Waals surface area contributed by atoms with Gasteiger partial charge in [0.25, 0.3) is 0 Å². The molecule has 0 amide bonds. The van der Waals surface area contributed by atoms with Gasteiger partial charge in [-0.2, -0.15) is 0 Å². The molecule has 5 rings (SSSR count). The van der Waals surface area contributed by atoms with Gasteiger partial charge in [0, 0.05) is 35.6 Å². The largest absolute Gasteiger partial charge is 0.478 e. The van der Waals surface area contributed by atoms with Crippen LogP contribution in [0.25, 0.3) is 5.69 Å². The quantitative estimate of drug-likeness (QED) is 0.707. The van der Waals surface area contributed by atoms with E-state index in [2.05, 4.69) is 27.4 Å². The Labute approximate surface area is 172 Å². The Bertz CT molecular complexity index is 1080. The molecule has 0 aliphatic carbocycles. The minimum absolute atomic E-state index is 0.0477. The monoisotopic (exact) mass is 404 g/mol. The molecule has 2 aromatic heterocycles. The average Bonchev–Trinajstić information content (AvgIpc) is 3.42. The molecule has 7 heteroatoms. The fraction of sp³-hybridized carbons (Fsp3) is 0.227. The molecule has 0 radical (unpaired) electrons. The number of carboxylic acid groups (broad SMARTS) is 1. The summed E-state index contributed by atoms with van der Waals surface area (Å²) in [6, 6.07) is 17.1. The van der Waals surface area contributed by atoms with E-state index >= 15 is 0 Å². The molecule has 0 unspecified atom stereocenters. The summed E-state index contributed by atoms with van der Waals surface area (Å²) in [6.45, 7) is 3.17. The molecule has 6 nitrogen and oxygen atoms in total. The first kappa shape index (κ1) is 18.0. The van der Waals surface area contributed by atoms with Crippen molar-refractivity contribution in [1.29, 1.82) is 0 Å². The van der Waals surface area contributed by atoms with E-state index < -0.39 is 5.97 Å². The number of rotatable bonds is 4. The summed E-state index contributed by atoms with van der Waals surface area (Å²) in [4.78, 5) is 23.2. The second-order valence-corrected chi connectivity index (χ2v) is 8.70. The Kier molecular flexibility index (Phi) is 4.39. The highest BCUT2D eigenvalue weighted by molar-refractivity contribution is 8.14. The Morgan fingerprint density at radius 3 is 2.69 bits per heavy atom. The number of fused-ring (bicyclic) bond motifs is 1. The summed E-state index contributed by atoms with van der Waals surface area (Å²) in [5.74, 6) is -0.920. The number of aliphatic imine (C=N–C) groups is 1. The lowest BCUT2D eigenvalue weighted by atomic mass is 10.0. The van der Waals surface area contributed by atoms with Gasteiger partial charge in [-0.1, -0.05) is 24.8 Å². The van der Waals surface area contributed by atoms with Crippen molar-refractivity contribution in [1.82, 2.24) is 14.5 Å². The lowest BCUT2D eigenvalue weighted by Gasteiger charge is -2.28. The van der Waals surface area contributed by atoms with Crippen molar-refractivity contribution >= 4 is 22.9 Å². The van der Waals surface area contributed by atoms with Gasteiger partial charge in [-0.25, -0.2) is 4.79 Å². The summed E-state index contributed by atoms with van der Waals surface area (Å²) in [5, 5.41) is 10.8. The van der Waals surface area contributed by atoms with Gasteiger partial charge in [0.1, 0.15) is 6.04 Å². The number of carbonyl (C=O) groups is 1. The van der Waals surface area contributed by atoms with Crippen molar-refractivity contribution in [2.75, 3.05) is 6.54 Å². The number of carboxylic acids is 1. The molecule has 146 valence electrons. The van der Waals surface area contributed by atoms with Crippen LogP contribution < -0.4 is 0 Å². The van der Waals surface area contributed by atoms with Crippen molar-refractivity contribution in [3.05, 3.63) is 83.9 Å². The fourth-order valence-corrected chi connectivity index (χ4v) is 5.17. The predicted octanol–water partition coefficient (Wildman–Crippen LogP) is 4.16. The first-order chi connectivity index (χ1) is 14.1. The molecule has 1 saturated heterocycles. The molecule has 0 bridgehead atoms. The van der Waals surface area contributed by atoms with Crippen LogP contribution in [0.4, 0.5) is 0 Å². The van der Waals surface area contributed by atoms with Crippen LogP contribution in [0.2, 0.25) is 0 Å². The van der Waals surface area contributed by atoms with Crippen LogP contribution in [0.15, 0.2) is 72.0 Å². The molecule has 2 aliphatic heterocycles. The molecular formula is C22H20N4O2S. The first-order valence-electron chi connectivity index (χ1n) is 9.55. The molecule has 0 spiro atoms. The highest BCUT2D eigenvalue weighted by Crippen LogP contribution is 2.47. The summed E-state index contributed by atoms with van der Waals surface area (Å²) < 4.78 is 2.12. The van der Waals surface area contributed by atoms with Gasteiger partial charge >= 0.3 is 5.97 Å². The van der Waals surface area contributed by atoms with Crippen LogP contribution in [0.5, 0.6) is 0 Å². The maximum absolute atomic E-state index is 11.2. The third kappa shape index (κ3) is 3.11. The average molecular weight is 404 g/mol. The highest BCUT2D eigenvalue weighted by atomic mass is 32.2. The van der Waals surface area contributed by atoms with Crippen LogP contribution in [0.1, 0.15) is 40.8 Å². The van der Waals surface area contributed by atoms with E-state index in [1.165, 1.54) is 0 Å². The molecule has 3 atom stereocenters. The van der Waals surface area contributed by atoms with Crippen molar-refractivity contribution in [3.63, 3.8) is 0 Å². The summed E-state index contributed by atoms with van der Waals surface area (Å²) in [7, 11) is 0. The normalized spacial score (nSPS) is 23.1. The Morgan fingerprint density at radius 2 is 1.97 bits per heavy atom. The standard InChI is InChI=1S/C22H20N4O2S/c1-14-13-26-20(19(24-22(26)29-14)17-5-2-3-11-23-17)18-6-4-12-25(18)16-9-7-15(8-10-16)21(27)28/h2-12,14,19-20H,13H2,1H3,(H,27,28)/t14-,19-,20-/m0/s1. The highest BCUT2D eigenvalue weighted by Gasteiger charge is 2.44. The van der Waals surface area contributed by atoms with Crippen LogP contribution in [-0.4, -0.2) is 42.5 Å². The Hall–Kier alpha value is -3.06. The van der Waals surface area contributed by atoms with Crippen molar-refractivity contribution in [2.45, 2.75) is 24.3 Å². The number of pyridine rings is 1. The summed E-state index contributed by atoms with van der Waals surface area (Å²) >= 11 is 1.82. The van der Waals surface area contributed by atoms with E-state index in [1.54, 1.807) is 12.1 Å². The molecule has 1 aromatic carbocycles. The topological polar surface area (TPSA) is 70.7 Å². The van der Waals surface area contributed by atoms with Gasteiger partial charge in [-0.05, 0) is 48.5 Å². The van der Waals surface area contributed by atoms with E-state index in [9.17, 15) is 9.90 Å². The van der Waals surface area contributed by atoms with Crippen molar-refractivity contribution < 1.29 is 9.90 Å². The lowest BCUT2D eigenvalue weighted by molar-refractivity contribution is 0.0697. The van der Waals surface area contributed by atoms with Gasteiger partial charge in [-0.15, -0.1) is 0 Å². The van der Waals surface area contributed by atoms with E-state index in [0.717, 1.165) is 28.8 Å². The molecule has 3 aromatic rings. The molecule has 2 aliphatic rings. The van der Waals surface area contributed by atoms with Gasteiger partial charge < -0.3 is 14.6 Å². The minimum atomic E-state index is -0.920. The Morgan fingerprint density at radius 1 is 1.14 bits per heavy atom. The number of hydrogen-bond acceptors (Lipinski definition) is 5. The van der Waals surface area contributed by atoms with Gasteiger partial charge in [-0.3, -0.25) is 9.98 Å². The Balaban J connectivity index is 1.57. The fourth-order valence-electron chi connectivity index (χ4n) is 4.07. The van der Waals surface area contributed by atoms with Crippen LogP contribution in [0, 0.1) is 0 Å². The number of aromatic carboxylic acids is 1. The molecular weight excluding hydrogens is 384 g/mol. The number of benzene rings is 1. The van der Waals surface area contributed by atoms with Gasteiger partial charge in [0.2, 0.25) is 0 Å². The van der Waals surface area contributed by atoms with E-state index in [1.807, 2.05) is 60.6 Å². The number of nitrogens with zero attached hydrogens (tertiary/aromatic N) is 4. The predicted molar refractivity (Wildman–Crippen MR) is 114 cm³/mol. The smallest absolute Gasteiger partial charge is 0.335 e. The number of hydrogen-bond donors (Lipinski definition) is 1. The maximum atomic E-state index is 11.2. The second kappa shape index (κ2) is 7.08. The first-order valence-corrected chi connectivity index (χ1v) is 10.4.